The fourth-order valence-corrected chi connectivity index (χ4v) is 3.74. The van der Waals surface area contributed by atoms with Gasteiger partial charge in [-0.15, -0.1) is 17.9 Å². The molecule has 7 nitrogen and oxygen atoms in total. The Kier molecular flexibility index (Phi) is 9.61. The molecule has 0 saturated heterocycles. The van der Waals surface area contributed by atoms with Gasteiger partial charge in [0, 0.05) is 35.7 Å². The Morgan fingerprint density at radius 1 is 1.06 bits per heavy atom. The molecule has 0 spiro atoms. The molecule has 0 saturated carbocycles. The van der Waals surface area contributed by atoms with Crippen molar-refractivity contribution in [3.8, 4) is 22.4 Å². The molecule has 0 atom stereocenters. The van der Waals surface area contributed by atoms with Gasteiger partial charge >= 0.3 is 18.9 Å². The van der Waals surface area contributed by atoms with Crippen LogP contribution in [0.4, 0.5) is 5.13 Å². The molecule has 4 rings (SSSR count). The first-order valence-corrected chi connectivity index (χ1v) is 10.5. The normalized spacial score (nSPS) is 9.97. The first kappa shape index (κ1) is 26.1. The summed E-state index contributed by atoms with van der Waals surface area (Å²) in [6, 6.07) is 13.6. The molecule has 0 fully saturated rings. The van der Waals surface area contributed by atoms with Crippen LogP contribution in [0.3, 0.4) is 0 Å². The maximum atomic E-state index is 12.2. The van der Waals surface area contributed by atoms with Crippen molar-refractivity contribution in [2.75, 3.05) is 11.9 Å². The number of rotatable bonds is 7. The van der Waals surface area contributed by atoms with Gasteiger partial charge in [0.25, 0.3) is 5.91 Å². The third kappa shape index (κ3) is 6.65. The van der Waals surface area contributed by atoms with Crippen molar-refractivity contribution in [2.45, 2.75) is 6.54 Å². The van der Waals surface area contributed by atoms with Crippen LogP contribution < -0.4 is 29.5 Å². The summed E-state index contributed by atoms with van der Waals surface area (Å²) < 4.78 is 1.79. The van der Waals surface area contributed by atoms with Crippen LogP contribution in [0.2, 0.25) is 0 Å². The largest absolute Gasteiger partial charge is 1.00 e. The average molecular weight is 452 g/mol. The van der Waals surface area contributed by atoms with Crippen molar-refractivity contribution < 1.29 is 28.4 Å². The van der Waals surface area contributed by atoms with E-state index in [-0.39, 0.29) is 44.6 Å². The van der Waals surface area contributed by atoms with Gasteiger partial charge in [-0.2, -0.15) is 0 Å². The van der Waals surface area contributed by atoms with Crippen LogP contribution in [0.15, 0.2) is 72.6 Å². The molecule has 0 radical (unpaired) electrons. The Bertz CT molecular complexity index is 1210. The summed E-state index contributed by atoms with van der Waals surface area (Å²) in [5, 5.41) is 7.71. The zero-order valence-electron chi connectivity index (χ0n) is 18.6. The van der Waals surface area contributed by atoms with Gasteiger partial charge in [0.15, 0.2) is 5.13 Å². The summed E-state index contributed by atoms with van der Waals surface area (Å²) in [7, 11) is 0. The maximum absolute atomic E-state index is 12.2. The third-order valence-corrected chi connectivity index (χ3v) is 5.36. The van der Waals surface area contributed by atoms with Crippen molar-refractivity contribution in [1.29, 1.82) is 0 Å². The van der Waals surface area contributed by atoms with E-state index in [0.29, 0.717) is 17.2 Å². The van der Waals surface area contributed by atoms with E-state index in [1.54, 1.807) is 35.4 Å². The molecular formula is C24H23LiN5O2S-. The minimum absolute atomic E-state index is 0. The van der Waals surface area contributed by atoms with Gasteiger partial charge in [-0.1, -0.05) is 18.2 Å². The maximum Gasteiger partial charge on any atom is 1.00 e. The van der Waals surface area contributed by atoms with Crippen LogP contribution in [-0.2, 0) is 11.3 Å². The van der Waals surface area contributed by atoms with E-state index in [1.807, 2.05) is 41.8 Å². The number of nitrogens with one attached hydrogen (secondary N) is 2. The fraction of sp³-hybridized carbons (Fsp3) is 0.0833. The number of aromatic nitrogens is 3. The molecule has 0 bridgehead atoms. The number of pyridine rings is 1. The average Bonchev–Trinajstić information content (AvgIpc) is 3.48. The first-order chi connectivity index (χ1) is 15.1. The second-order valence-electron chi connectivity index (χ2n) is 6.72. The number of benzene rings is 1. The van der Waals surface area contributed by atoms with Gasteiger partial charge in [0.05, 0.1) is 17.8 Å². The summed E-state index contributed by atoms with van der Waals surface area (Å²) in [6.45, 7) is 4.15. The van der Waals surface area contributed by atoms with Gasteiger partial charge in [0.1, 0.15) is 0 Å². The first-order valence-electron chi connectivity index (χ1n) is 9.62. The molecule has 0 aliphatic carbocycles. The van der Waals surface area contributed by atoms with Crippen LogP contribution in [0.1, 0.15) is 10.4 Å². The molecule has 0 unspecified atom stereocenters. The van der Waals surface area contributed by atoms with Crippen LogP contribution in [0, 0.1) is 14.4 Å². The SMILES string of the molecule is [CH2-]Cn1ccc(C(=O)NCC(=O)Nc2nc(-c3cccc(-c4ccncc4)c3)cs2)c1.[CH3-].[Li+]. The van der Waals surface area contributed by atoms with E-state index >= 15 is 0 Å². The van der Waals surface area contributed by atoms with Gasteiger partial charge in [0.2, 0.25) is 5.91 Å². The van der Waals surface area contributed by atoms with E-state index in [4.69, 9.17) is 0 Å². The molecule has 4 aromatic rings. The molecule has 9 heteroatoms. The number of hydrogen-bond donors (Lipinski definition) is 2. The van der Waals surface area contributed by atoms with E-state index < -0.39 is 0 Å². The monoisotopic (exact) mass is 452 g/mol. The van der Waals surface area contributed by atoms with Crippen molar-refractivity contribution in [3.63, 3.8) is 0 Å². The predicted octanol–water partition coefficient (Wildman–Crippen LogP) is 1.33. The Hall–Kier alpha value is -3.18. The standard InChI is InChI=1S/C23H20N5O2S.CH3.Li/c1-2-28-11-8-19(14-28)22(30)25-13-21(29)27-23-26-20(15-31-23)18-5-3-4-17(12-18)16-6-9-24-10-7-16;;/h3-12,14-15H,1-2,13H2,(H,25,30)(H,26,27,29);1H3;/q2*-1;+1. The van der Waals surface area contributed by atoms with Gasteiger partial charge < -0.3 is 29.6 Å². The van der Waals surface area contributed by atoms with Crippen LogP contribution >= 0.6 is 11.3 Å². The summed E-state index contributed by atoms with van der Waals surface area (Å²) in [5.74, 6) is -0.647. The molecule has 1 aromatic carbocycles. The van der Waals surface area contributed by atoms with Crippen LogP contribution in [0.5, 0.6) is 0 Å². The summed E-state index contributed by atoms with van der Waals surface area (Å²) in [5.41, 5.74) is 4.35. The zero-order valence-corrected chi connectivity index (χ0v) is 19.4. The number of anilines is 1. The van der Waals surface area contributed by atoms with Gasteiger partial charge in [-0.25, -0.2) is 4.98 Å². The molecule has 164 valence electrons. The minimum atomic E-state index is -0.337. The fourth-order valence-electron chi connectivity index (χ4n) is 3.01. The van der Waals surface area contributed by atoms with Crippen LogP contribution in [0.25, 0.3) is 22.4 Å². The molecule has 0 aliphatic heterocycles. The zero-order chi connectivity index (χ0) is 21.6. The second kappa shape index (κ2) is 12.2. The van der Waals surface area contributed by atoms with Crippen molar-refractivity contribution >= 4 is 28.3 Å². The van der Waals surface area contributed by atoms with E-state index in [9.17, 15) is 9.59 Å². The Balaban J connectivity index is 0.00000193. The smallest absolute Gasteiger partial charge is 0.383 e. The Morgan fingerprint density at radius 3 is 2.55 bits per heavy atom. The third-order valence-electron chi connectivity index (χ3n) is 4.60. The Labute approximate surface area is 209 Å². The number of nitrogens with zero attached hydrogens (tertiary/aromatic N) is 3. The van der Waals surface area contributed by atoms with Crippen LogP contribution in [-0.4, -0.2) is 32.9 Å². The van der Waals surface area contributed by atoms with Gasteiger partial charge in [-0.05, 0) is 35.4 Å². The molecule has 2 amide bonds. The molecule has 2 N–H and O–H groups in total. The topological polar surface area (TPSA) is 88.9 Å². The number of carbonyl (C=O) groups is 2. The molecule has 0 aliphatic rings. The number of hydrogen-bond acceptors (Lipinski definition) is 5. The van der Waals surface area contributed by atoms with E-state index in [2.05, 4.69) is 27.5 Å². The van der Waals surface area contributed by atoms with Crippen molar-refractivity contribution in [1.82, 2.24) is 19.9 Å². The van der Waals surface area contributed by atoms with Crippen molar-refractivity contribution in [3.05, 3.63) is 92.5 Å². The molecule has 3 heterocycles. The number of carbonyl (C=O) groups excluding carboxylic acids is 2. The molecular weight excluding hydrogens is 429 g/mol. The number of thiazole rings is 1. The molecule has 33 heavy (non-hydrogen) atoms. The van der Waals surface area contributed by atoms with E-state index in [1.165, 1.54) is 11.3 Å². The predicted molar refractivity (Wildman–Crippen MR) is 128 cm³/mol. The summed E-state index contributed by atoms with van der Waals surface area (Å²) >= 11 is 1.34. The molecule has 3 aromatic heterocycles. The summed E-state index contributed by atoms with van der Waals surface area (Å²) in [6.07, 6.45) is 6.97. The number of amides is 2. The summed E-state index contributed by atoms with van der Waals surface area (Å²) in [4.78, 5) is 32.9. The van der Waals surface area contributed by atoms with E-state index in [0.717, 1.165) is 22.4 Å². The van der Waals surface area contributed by atoms with Gasteiger partial charge in [-0.3, -0.25) is 14.6 Å². The Morgan fingerprint density at radius 2 is 1.82 bits per heavy atom. The quantitative estimate of drug-likeness (QED) is 0.327. The van der Waals surface area contributed by atoms with Crippen molar-refractivity contribution in [2.24, 2.45) is 0 Å². The minimum Gasteiger partial charge on any atom is -0.383 e. The second-order valence-corrected chi connectivity index (χ2v) is 7.58.